The van der Waals surface area contributed by atoms with Crippen LogP contribution in [0, 0.1) is 6.92 Å². The Morgan fingerprint density at radius 1 is 0.914 bits per heavy atom. The number of hydrogen-bond donors (Lipinski definition) is 1. The third-order valence-corrected chi connectivity index (χ3v) is 7.94. The number of esters is 2. The number of cyclic esters (lactones) is 2. The molecular weight excluding hydrogens is 448 g/mol. The largest absolute Gasteiger partial charge is 0.457 e. The zero-order chi connectivity index (χ0) is 24.1. The zero-order valence-electron chi connectivity index (χ0n) is 19.9. The zero-order valence-corrected chi connectivity index (χ0v) is 19.9. The Morgan fingerprint density at radius 3 is 2.34 bits per heavy atom. The van der Waals surface area contributed by atoms with Gasteiger partial charge in [0.15, 0.2) is 0 Å². The molecule has 184 valence electrons. The third kappa shape index (κ3) is 4.04. The van der Waals surface area contributed by atoms with Crippen LogP contribution in [0.15, 0.2) is 24.3 Å². The van der Waals surface area contributed by atoms with Gasteiger partial charge in [0.25, 0.3) is 0 Å². The Hall–Kier alpha value is -2.78. The van der Waals surface area contributed by atoms with Gasteiger partial charge >= 0.3 is 11.9 Å². The molecule has 0 amide bonds. The second kappa shape index (κ2) is 9.02. The predicted molar refractivity (Wildman–Crippen MR) is 126 cm³/mol. The van der Waals surface area contributed by atoms with Gasteiger partial charge in [0.1, 0.15) is 13.2 Å². The monoisotopic (exact) mass is 478 g/mol. The van der Waals surface area contributed by atoms with Crippen molar-refractivity contribution in [2.45, 2.75) is 38.8 Å². The normalized spacial score (nSPS) is 22.9. The quantitative estimate of drug-likeness (QED) is 0.655. The van der Waals surface area contributed by atoms with Crippen LogP contribution in [0.4, 0.5) is 0 Å². The number of carbonyl (C=O) groups is 2. The predicted octanol–water partition coefficient (Wildman–Crippen LogP) is 2.30. The summed E-state index contributed by atoms with van der Waals surface area (Å²) in [4.78, 5) is 28.4. The SMILES string of the molecule is Cc1c([C@@H](O)CN2CCN(C[C@@H]3OCCc4c3ccc3c4COC3=O)CC2)ccc2c1COC2=O. The van der Waals surface area contributed by atoms with Crippen molar-refractivity contribution in [2.24, 2.45) is 0 Å². The highest BCUT2D eigenvalue weighted by molar-refractivity contribution is 5.94. The second-order valence-corrected chi connectivity index (χ2v) is 9.84. The molecule has 4 heterocycles. The van der Waals surface area contributed by atoms with E-state index >= 15 is 0 Å². The summed E-state index contributed by atoms with van der Waals surface area (Å²) in [7, 11) is 0. The lowest BCUT2D eigenvalue weighted by atomic mass is 9.90. The lowest BCUT2D eigenvalue weighted by Crippen LogP contribution is -2.49. The first-order valence-corrected chi connectivity index (χ1v) is 12.3. The Kier molecular flexibility index (Phi) is 5.84. The average Bonchev–Trinajstić information content (AvgIpc) is 3.44. The average molecular weight is 479 g/mol. The number of aliphatic hydroxyl groups excluding tert-OH is 1. The first kappa shape index (κ1) is 22.7. The van der Waals surface area contributed by atoms with E-state index in [1.807, 2.05) is 25.1 Å². The summed E-state index contributed by atoms with van der Waals surface area (Å²) < 4.78 is 16.5. The molecule has 35 heavy (non-hydrogen) atoms. The van der Waals surface area contributed by atoms with Gasteiger partial charge in [-0.05, 0) is 47.7 Å². The van der Waals surface area contributed by atoms with Gasteiger partial charge in [0, 0.05) is 50.4 Å². The van der Waals surface area contributed by atoms with Crippen LogP contribution in [-0.4, -0.2) is 72.7 Å². The van der Waals surface area contributed by atoms with Crippen LogP contribution >= 0.6 is 0 Å². The van der Waals surface area contributed by atoms with Gasteiger partial charge in [0.05, 0.1) is 29.9 Å². The van der Waals surface area contributed by atoms with E-state index in [1.54, 1.807) is 6.07 Å². The summed E-state index contributed by atoms with van der Waals surface area (Å²) in [6, 6.07) is 7.55. The van der Waals surface area contributed by atoms with Gasteiger partial charge < -0.3 is 19.3 Å². The fourth-order valence-corrected chi connectivity index (χ4v) is 5.88. The van der Waals surface area contributed by atoms with Crippen LogP contribution in [0.1, 0.15) is 66.3 Å². The first-order valence-electron chi connectivity index (χ1n) is 12.3. The summed E-state index contributed by atoms with van der Waals surface area (Å²) in [5.41, 5.74) is 7.47. The minimum atomic E-state index is -0.608. The van der Waals surface area contributed by atoms with Gasteiger partial charge in [-0.1, -0.05) is 12.1 Å². The van der Waals surface area contributed by atoms with E-state index in [-0.39, 0.29) is 24.6 Å². The number of piperazine rings is 1. The fraction of sp³-hybridized carbons (Fsp3) is 0.481. The summed E-state index contributed by atoms with van der Waals surface area (Å²) in [6.07, 6.45) is 0.207. The van der Waals surface area contributed by atoms with E-state index in [1.165, 1.54) is 11.1 Å². The number of rotatable bonds is 5. The standard InChI is InChI=1S/C27H30N2O6/c1-16-17(2-4-20-22(16)14-34-26(20)31)24(30)12-28-7-9-29(10-8-28)13-25-19-3-5-21-23(15-35-27(21)32)18(19)6-11-33-25/h2-5,24-25,30H,6-15H2,1H3/t24-,25-/m0/s1. The number of ether oxygens (including phenoxy) is 3. The molecule has 8 heteroatoms. The molecular formula is C27H30N2O6. The maximum atomic E-state index is 11.9. The number of benzene rings is 2. The van der Waals surface area contributed by atoms with E-state index < -0.39 is 6.10 Å². The molecule has 0 bridgehead atoms. The molecule has 4 aliphatic heterocycles. The van der Waals surface area contributed by atoms with Crippen LogP contribution < -0.4 is 0 Å². The van der Waals surface area contributed by atoms with Gasteiger partial charge in [-0.2, -0.15) is 0 Å². The molecule has 1 fully saturated rings. The van der Waals surface area contributed by atoms with E-state index in [9.17, 15) is 14.7 Å². The van der Waals surface area contributed by atoms with Crippen LogP contribution in [-0.2, 0) is 33.8 Å². The maximum Gasteiger partial charge on any atom is 0.338 e. The van der Waals surface area contributed by atoms with Crippen molar-refractivity contribution in [1.29, 1.82) is 0 Å². The topological polar surface area (TPSA) is 88.5 Å². The molecule has 0 radical (unpaired) electrons. The summed E-state index contributed by atoms with van der Waals surface area (Å²) >= 11 is 0. The van der Waals surface area contributed by atoms with Crippen molar-refractivity contribution in [3.63, 3.8) is 0 Å². The smallest absolute Gasteiger partial charge is 0.338 e. The molecule has 6 rings (SSSR count). The van der Waals surface area contributed by atoms with Crippen molar-refractivity contribution >= 4 is 11.9 Å². The van der Waals surface area contributed by atoms with Crippen molar-refractivity contribution in [3.8, 4) is 0 Å². The van der Waals surface area contributed by atoms with Gasteiger partial charge in [-0.25, -0.2) is 9.59 Å². The highest BCUT2D eigenvalue weighted by Crippen LogP contribution is 2.35. The number of fused-ring (bicyclic) bond motifs is 4. The molecule has 0 aliphatic carbocycles. The highest BCUT2D eigenvalue weighted by atomic mass is 16.5. The van der Waals surface area contributed by atoms with Crippen molar-refractivity contribution in [2.75, 3.05) is 45.9 Å². The molecule has 2 aromatic rings. The third-order valence-electron chi connectivity index (χ3n) is 7.94. The van der Waals surface area contributed by atoms with E-state index in [0.717, 1.165) is 61.4 Å². The molecule has 0 unspecified atom stereocenters. The molecule has 0 saturated carbocycles. The van der Waals surface area contributed by atoms with Crippen molar-refractivity contribution in [1.82, 2.24) is 9.80 Å². The molecule has 2 aromatic carbocycles. The minimum absolute atomic E-state index is 0.00381. The summed E-state index contributed by atoms with van der Waals surface area (Å²) in [5.74, 6) is -0.503. The number of nitrogens with zero attached hydrogens (tertiary/aromatic N) is 2. The molecule has 1 saturated heterocycles. The lowest BCUT2D eigenvalue weighted by Gasteiger charge is -2.38. The number of hydrogen-bond acceptors (Lipinski definition) is 8. The van der Waals surface area contributed by atoms with Crippen LogP contribution in [0.25, 0.3) is 0 Å². The second-order valence-electron chi connectivity index (χ2n) is 9.84. The number of β-amino-alcohol motifs (C(OH)–C–C–N with tert-alkyl or cyclic N) is 1. The van der Waals surface area contributed by atoms with E-state index in [2.05, 4.69) is 9.80 Å². The molecule has 2 atom stereocenters. The Bertz CT molecular complexity index is 1190. The van der Waals surface area contributed by atoms with Crippen molar-refractivity contribution in [3.05, 3.63) is 68.8 Å². The number of aliphatic hydroxyl groups is 1. The van der Waals surface area contributed by atoms with Crippen molar-refractivity contribution < 1.29 is 28.9 Å². The summed E-state index contributed by atoms with van der Waals surface area (Å²) in [6.45, 7) is 8.20. The van der Waals surface area contributed by atoms with Crippen LogP contribution in [0.3, 0.4) is 0 Å². The van der Waals surface area contributed by atoms with Gasteiger partial charge in [-0.3, -0.25) is 9.80 Å². The maximum absolute atomic E-state index is 11.9. The minimum Gasteiger partial charge on any atom is -0.457 e. The lowest BCUT2D eigenvalue weighted by molar-refractivity contribution is -0.000287. The van der Waals surface area contributed by atoms with E-state index in [0.29, 0.717) is 30.9 Å². The van der Waals surface area contributed by atoms with Gasteiger partial charge in [0.2, 0.25) is 0 Å². The van der Waals surface area contributed by atoms with Gasteiger partial charge in [-0.15, -0.1) is 0 Å². The molecule has 0 aromatic heterocycles. The van der Waals surface area contributed by atoms with Crippen LogP contribution in [0.5, 0.6) is 0 Å². The summed E-state index contributed by atoms with van der Waals surface area (Å²) in [5, 5.41) is 10.9. The van der Waals surface area contributed by atoms with Crippen LogP contribution in [0.2, 0.25) is 0 Å². The molecule has 0 spiro atoms. The fourth-order valence-electron chi connectivity index (χ4n) is 5.88. The molecule has 4 aliphatic rings. The Morgan fingerprint density at radius 2 is 1.57 bits per heavy atom. The molecule has 8 nitrogen and oxygen atoms in total. The Balaban J connectivity index is 1.06. The Labute approximate surface area is 204 Å². The number of carbonyl (C=O) groups excluding carboxylic acids is 2. The first-order chi connectivity index (χ1) is 17.0. The molecule has 1 N–H and O–H groups in total. The highest BCUT2D eigenvalue weighted by Gasteiger charge is 2.32. The van der Waals surface area contributed by atoms with E-state index in [4.69, 9.17) is 14.2 Å².